The number of benzene rings is 2. The standard InChI is InChI=1S/C18H17N3O3S/c1-25(23,24)17-9-5-6-15(11-17)20-18(22)10-14-12-19-21(13-14)16-7-3-2-4-8-16/h2-9,11-13H,10H2,1H3,(H,20,22). The van der Waals surface area contributed by atoms with Gasteiger partial charge in [-0.2, -0.15) is 5.10 Å². The van der Waals surface area contributed by atoms with Crippen molar-refractivity contribution in [2.75, 3.05) is 11.6 Å². The number of aromatic nitrogens is 2. The van der Waals surface area contributed by atoms with Gasteiger partial charge >= 0.3 is 0 Å². The van der Waals surface area contributed by atoms with Crippen LogP contribution in [0.4, 0.5) is 5.69 Å². The number of nitrogens with one attached hydrogen (secondary N) is 1. The molecule has 1 heterocycles. The highest BCUT2D eigenvalue weighted by molar-refractivity contribution is 7.90. The summed E-state index contributed by atoms with van der Waals surface area (Å²) in [4.78, 5) is 12.4. The Labute approximate surface area is 146 Å². The number of nitrogens with zero attached hydrogens (tertiary/aromatic N) is 2. The molecule has 0 unspecified atom stereocenters. The van der Waals surface area contributed by atoms with Crippen LogP contribution in [0.2, 0.25) is 0 Å². The zero-order valence-electron chi connectivity index (χ0n) is 13.6. The van der Waals surface area contributed by atoms with Gasteiger partial charge in [0, 0.05) is 18.1 Å². The number of rotatable bonds is 5. The molecule has 0 atom stereocenters. The smallest absolute Gasteiger partial charge is 0.228 e. The maximum Gasteiger partial charge on any atom is 0.228 e. The maximum absolute atomic E-state index is 12.2. The van der Waals surface area contributed by atoms with E-state index in [0.29, 0.717) is 5.69 Å². The number of amides is 1. The van der Waals surface area contributed by atoms with E-state index in [2.05, 4.69) is 10.4 Å². The summed E-state index contributed by atoms with van der Waals surface area (Å²) in [6.07, 6.45) is 4.71. The summed E-state index contributed by atoms with van der Waals surface area (Å²) >= 11 is 0. The van der Waals surface area contributed by atoms with E-state index in [4.69, 9.17) is 0 Å². The van der Waals surface area contributed by atoms with E-state index in [0.717, 1.165) is 17.5 Å². The third kappa shape index (κ3) is 4.33. The molecular weight excluding hydrogens is 338 g/mol. The molecule has 6 nitrogen and oxygen atoms in total. The molecule has 1 amide bonds. The first-order valence-corrected chi connectivity index (χ1v) is 9.50. The number of carbonyl (C=O) groups excluding carboxylic acids is 1. The van der Waals surface area contributed by atoms with E-state index >= 15 is 0 Å². The summed E-state index contributed by atoms with van der Waals surface area (Å²) in [5.41, 5.74) is 2.12. The van der Waals surface area contributed by atoms with Crippen molar-refractivity contribution >= 4 is 21.4 Å². The molecule has 0 bridgehead atoms. The Kier molecular flexibility index (Phi) is 4.67. The number of anilines is 1. The molecule has 0 fully saturated rings. The summed E-state index contributed by atoms with van der Waals surface area (Å²) in [6, 6.07) is 15.8. The number of para-hydroxylation sites is 1. The van der Waals surface area contributed by atoms with Crippen LogP contribution >= 0.6 is 0 Å². The molecule has 0 saturated heterocycles. The lowest BCUT2D eigenvalue weighted by Gasteiger charge is -2.06. The number of carbonyl (C=O) groups is 1. The Morgan fingerprint density at radius 3 is 2.60 bits per heavy atom. The predicted octanol–water partition coefficient (Wildman–Crippen LogP) is 2.46. The van der Waals surface area contributed by atoms with Crippen molar-refractivity contribution in [2.45, 2.75) is 11.3 Å². The second-order valence-electron chi connectivity index (χ2n) is 5.65. The van der Waals surface area contributed by atoms with Gasteiger partial charge < -0.3 is 5.32 Å². The van der Waals surface area contributed by atoms with Crippen molar-refractivity contribution in [1.29, 1.82) is 0 Å². The normalized spacial score (nSPS) is 11.2. The fourth-order valence-electron chi connectivity index (χ4n) is 2.37. The molecule has 2 aromatic carbocycles. The molecule has 128 valence electrons. The lowest BCUT2D eigenvalue weighted by molar-refractivity contribution is -0.115. The second-order valence-corrected chi connectivity index (χ2v) is 7.67. The van der Waals surface area contributed by atoms with Gasteiger partial charge in [0.05, 0.1) is 23.2 Å². The fraction of sp³-hybridized carbons (Fsp3) is 0.111. The van der Waals surface area contributed by atoms with E-state index < -0.39 is 9.84 Å². The van der Waals surface area contributed by atoms with E-state index in [9.17, 15) is 13.2 Å². The molecule has 0 aliphatic rings. The van der Waals surface area contributed by atoms with Crippen LogP contribution in [0, 0.1) is 0 Å². The van der Waals surface area contributed by atoms with Gasteiger partial charge in [-0.05, 0) is 35.9 Å². The van der Waals surface area contributed by atoms with Gasteiger partial charge in [-0.3, -0.25) is 4.79 Å². The zero-order chi connectivity index (χ0) is 17.9. The first-order chi connectivity index (χ1) is 11.9. The first kappa shape index (κ1) is 16.9. The molecule has 0 saturated carbocycles. The van der Waals surface area contributed by atoms with Gasteiger partial charge in [0.2, 0.25) is 5.91 Å². The summed E-state index contributed by atoms with van der Waals surface area (Å²) < 4.78 is 24.9. The molecular formula is C18H17N3O3S. The van der Waals surface area contributed by atoms with Crippen LogP contribution in [-0.2, 0) is 21.1 Å². The van der Waals surface area contributed by atoms with Crippen LogP contribution in [-0.4, -0.2) is 30.4 Å². The van der Waals surface area contributed by atoms with Crippen LogP contribution in [0.15, 0.2) is 71.9 Å². The van der Waals surface area contributed by atoms with Gasteiger partial charge in [0.15, 0.2) is 9.84 Å². The minimum atomic E-state index is -3.31. The Bertz CT molecular complexity index is 995. The number of hydrogen-bond donors (Lipinski definition) is 1. The largest absolute Gasteiger partial charge is 0.326 e. The molecule has 0 spiro atoms. The van der Waals surface area contributed by atoms with Crippen LogP contribution in [0.3, 0.4) is 0 Å². The lowest BCUT2D eigenvalue weighted by atomic mass is 10.2. The molecule has 7 heteroatoms. The third-order valence-corrected chi connectivity index (χ3v) is 4.68. The highest BCUT2D eigenvalue weighted by Crippen LogP contribution is 2.16. The highest BCUT2D eigenvalue weighted by Gasteiger charge is 2.10. The molecule has 1 N–H and O–H groups in total. The van der Waals surface area contributed by atoms with Crippen molar-refractivity contribution in [3.05, 3.63) is 72.6 Å². The van der Waals surface area contributed by atoms with Crippen LogP contribution in [0.1, 0.15) is 5.56 Å². The summed E-state index contributed by atoms with van der Waals surface area (Å²) in [7, 11) is -3.31. The van der Waals surface area contributed by atoms with Crippen molar-refractivity contribution in [3.63, 3.8) is 0 Å². The Morgan fingerprint density at radius 1 is 1.12 bits per heavy atom. The van der Waals surface area contributed by atoms with E-state index in [1.54, 1.807) is 29.2 Å². The van der Waals surface area contributed by atoms with Gasteiger partial charge in [-0.15, -0.1) is 0 Å². The summed E-state index contributed by atoms with van der Waals surface area (Å²) in [6.45, 7) is 0. The van der Waals surface area contributed by atoms with Crippen LogP contribution in [0.25, 0.3) is 5.69 Å². The van der Waals surface area contributed by atoms with Gasteiger partial charge in [-0.1, -0.05) is 24.3 Å². The molecule has 3 rings (SSSR count). The monoisotopic (exact) mass is 355 g/mol. The first-order valence-electron chi connectivity index (χ1n) is 7.61. The Hall–Kier alpha value is -2.93. The van der Waals surface area contributed by atoms with Crippen molar-refractivity contribution in [1.82, 2.24) is 9.78 Å². The SMILES string of the molecule is CS(=O)(=O)c1cccc(NC(=O)Cc2cnn(-c3ccccc3)c2)c1. The van der Waals surface area contributed by atoms with Crippen molar-refractivity contribution in [2.24, 2.45) is 0 Å². The lowest BCUT2D eigenvalue weighted by Crippen LogP contribution is -2.14. The minimum Gasteiger partial charge on any atom is -0.326 e. The quantitative estimate of drug-likeness (QED) is 0.762. The van der Waals surface area contributed by atoms with Crippen molar-refractivity contribution < 1.29 is 13.2 Å². The molecule has 0 aliphatic heterocycles. The van der Waals surface area contributed by atoms with Crippen molar-refractivity contribution in [3.8, 4) is 5.69 Å². The zero-order valence-corrected chi connectivity index (χ0v) is 14.4. The summed E-state index contributed by atoms with van der Waals surface area (Å²) in [5, 5.41) is 6.96. The van der Waals surface area contributed by atoms with E-state index in [-0.39, 0.29) is 17.2 Å². The van der Waals surface area contributed by atoms with Gasteiger partial charge in [-0.25, -0.2) is 13.1 Å². The third-order valence-electron chi connectivity index (χ3n) is 3.57. The molecule has 0 radical (unpaired) electrons. The Morgan fingerprint density at radius 2 is 1.88 bits per heavy atom. The van der Waals surface area contributed by atoms with E-state index in [1.807, 2.05) is 30.3 Å². The molecule has 3 aromatic rings. The summed E-state index contributed by atoms with van der Waals surface area (Å²) in [5.74, 6) is -0.238. The second kappa shape index (κ2) is 6.90. The van der Waals surface area contributed by atoms with Crippen LogP contribution in [0.5, 0.6) is 0 Å². The number of sulfone groups is 1. The topological polar surface area (TPSA) is 81.1 Å². The Balaban J connectivity index is 1.69. The fourth-order valence-corrected chi connectivity index (χ4v) is 3.04. The molecule has 1 aromatic heterocycles. The average molecular weight is 355 g/mol. The van der Waals surface area contributed by atoms with E-state index in [1.165, 1.54) is 12.1 Å². The molecule has 0 aliphatic carbocycles. The highest BCUT2D eigenvalue weighted by atomic mass is 32.2. The van der Waals surface area contributed by atoms with Gasteiger partial charge in [0.1, 0.15) is 0 Å². The average Bonchev–Trinajstić information content (AvgIpc) is 3.03. The predicted molar refractivity (Wildman–Crippen MR) is 95.4 cm³/mol. The maximum atomic E-state index is 12.2. The number of hydrogen-bond acceptors (Lipinski definition) is 4. The van der Waals surface area contributed by atoms with Crippen LogP contribution < -0.4 is 5.32 Å². The van der Waals surface area contributed by atoms with Gasteiger partial charge in [0.25, 0.3) is 0 Å². The molecule has 25 heavy (non-hydrogen) atoms. The minimum absolute atomic E-state index is 0.149.